The molecule has 0 saturated heterocycles. The van der Waals surface area contributed by atoms with Crippen molar-refractivity contribution >= 4 is 33.1 Å². The van der Waals surface area contributed by atoms with Crippen LogP contribution in [0.2, 0.25) is 0 Å². The van der Waals surface area contributed by atoms with Crippen LogP contribution in [0.4, 0.5) is 0 Å². The highest BCUT2D eigenvalue weighted by Crippen LogP contribution is 2.32. The number of rotatable bonds is 6. The van der Waals surface area contributed by atoms with Gasteiger partial charge in [0.05, 0.1) is 11.3 Å². The molecular formula is C23H18N2O4S. The van der Waals surface area contributed by atoms with Gasteiger partial charge in [-0.2, -0.15) is 0 Å². The van der Waals surface area contributed by atoms with Crippen molar-refractivity contribution in [2.45, 2.75) is 11.3 Å². The van der Waals surface area contributed by atoms with Crippen LogP contribution < -0.4 is 0 Å². The average molecular weight is 418 g/mol. The molecule has 4 rings (SSSR count). The van der Waals surface area contributed by atoms with Crippen molar-refractivity contribution in [3.05, 3.63) is 90.8 Å². The molecule has 150 valence electrons. The highest BCUT2D eigenvalue weighted by Gasteiger charge is 2.22. The minimum atomic E-state index is -3.84. The van der Waals surface area contributed by atoms with Crippen molar-refractivity contribution in [3.8, 4) is 11.1 Å². The van der Waals surface area contributed by atoms with E-state index in [1.807, 2.05) is 36.4 Å². The number of fused-ring (bicyclic) bond motifs is 1. The molecule has 0 amide bonds. The van der Waals surface area contributed by atoms with E-state index in [-0.39, 0.29) is 11.3 Å². The average Bonchev–Trinajstić information content (AvgIpc) is 3.14. The smallest absolute Gasteiger partial charge is 0.307 e. The molecule has 4 aromatic rings. The van der Waals surface area contributed by atoms with Gasteiger partial charge < -0.3 is 5.11 Å². The topological polar surface area (TPSA) is 89.3 Å². The molecule has 30 heavy (non-hydrogen) atoms. The van der Waals surface area contributed by atoms with E-state index in [9.17, 15) is 13.2 Å². The molecule has 0 bridgehead atoms. The Balaban J connectivity index is 1.92. The van der Waals surface area contributed by atoms with E-state index in [0.29, 0.717) is 16.6 Å². The number of pyridine rings is 1. The summed E-state index contributed by atoms with van der Waals surface area (Å²) < 4.78 is 27.7. The highest BCUT2D eigenvalue weighted by atomic mass is 32.2. The van der Waals surface area contributed by atoms with Gasteiger partial charge in [0, 0.05) is 23.3 Å². The van der Waals surface area contributed by atoms with Crippen LogP contribution in [0.1, 0.15) is 12.0 Å². The zero-order chi connectivity index (χ0) is 21.1. The zero-order valence-electron chi connectivity index (χ0n) is 15.8. The summed E-state index contributed by atoms with van der Waals surface area (Å²) in [7, 11) is -3.84. The molecule has 0 saturated carbocycles. The molecular weight excluding hydrogens is 400 g/mol. The molecule has 0 aliphatic carbocycles. The van der Waals surface area contributed by atoms with Crippen LogP contribution in [-0.2, 0) is 14.8 Å². The lowest BCUT2D eigenvalue weighted by Gasteiger charge is -2.06. The van der Waals surface area contributed by atoms with E-state index < -0.39 is 16.0 Å². The van der Waals surface area contributed by atoms with Gasteiger partial charge in [0.2, 0.25) is 0 Å². The lowest BCUT2D eigenvalue weighted by molar-refractivity contribution is -0.135. The summed E-state index contributed by atoms with van der Waals surface area (Å²) in [6.07, 6.45) is 6.21. The first kappa shape index (κ1) is 19.6. The number of aliphatic carboxylic acids is 1. The first-order valence-electron chi connectivity index (χ1n) is 9.22. The Hall–Kier alpha value is -3.71. The number of nitrogens with zero attached hydrogens (tertiary/aromatic N) is 2. The molecule has 7 heteroatoms. The van der Waals surface area contributed by atoms with Gasteiger partial charge in [-0.25, -0.2) is 17.4 Å². The van der Waals surface area contributed by atoms with Crippen molar-refractivity contribution in [2.24, 2.45) is 0 Å². The second-order valence-corrected chi connectivity index (χ2v) is 8.48. The monoisotopic (exact) mass is 418 g/mol. The van der Waals surface area contributed by atoms with E-state index in [0.717, 1.165) is 11.1 Å². The molecule has 0 fully saturated rings. The Labute approximate surface area is 173 Å². The summed E-state index contributed by atoms with van der Waals surface area (Å²) in [6, 6.07) is 19.5. The van der Waals surface area contributed by atoms with Crippen molar-refractivity contribution in [1.82, 2.24) is 8.96 Å². The molecule has 0 aliphatic heterocycles. The van der Waals surface area contributed by atoms with Gasteiger partial charge in [0.25, 0.3) is 10.0 Å². The largest absolute Gasteiger partial charge is 0.481 e. The summed E-state index contributed by atoms with van der Waals surface area (Å²) in [5.41, 5.74) is 2.59. The normalized spacial score (nSPS) is 11.9. The third-order valence-electron chi connectivity index (χ3n) is 4.62. The first-order valence-corrected chi connectivity index (χ1v) is 10.7. The Kier molecular flexibility index (Phi) is 5.20. The standard InChI is InChI=1S/C23H18N2O4S/c26-22(27)13-7-8-17-14-20-21(18-9-3-1-4-10-18)16-25(23(20)24-15-17)30(28,29)19-11-5-2-6-12-19/h1-12,14-16H,13H2,(H,26,27)/b8-7+. The van der Waals surface area contributed by atoms with E-state index >= 15 is 0 Å². The quantitative estimate of drug-likeness (QED) is 0.500. The first-order chi connectivity index (χ1) is 14.5. The minimum absolute atomic E-state index is 0.104. The van der Waals surface area contributed by atoms with E-state index in [1.54, 1.807) is 42.6 Å². The zero-order valence-corrected chi connectivity index (χ0v) is 16.7. The van der Waals surface area contributed by atoms with Gasteiger partial charge >= 0.3 is 5.97 Å². The van der Waals surface area contributed by atoms with Crippen molar-refractivity contribution in [3.63, 3.8) is 0 Å². The van der Waals surface area contributed by atoms with Crippen molar-refractivity contribution in [1.29, 1.82) is 0 Å². The fraction of sp³-hybridized carbons (Fsp3) is 0.0435. The minimum Gasteiger partial charge on any atom is -0.481 e. The van der Waals surface area contributed by atoms with Gasteiger partial charge in [0.1, 0.15) is 0 Å². The number of carbonyl (C=O) groups is 1. The summed E-state index contributed by atoms with van der Waals surface area (Å²) in [4.78, 5) is 15.3. The molecule has 2 aromatic carbocycles. The fourth-order valence-electron chi connectivity index (χ4n) is 3.22. The number of aromatic nitrogens is 2. The SMILES string of the molecule is O=C(O)C/C=C/c1cnc2c(c1)c(-c1ccccc1)cn2S(=O)(=O)c1ccccc1. The van der Waals surface area contributed by atoms with E-state index in [1.165, 1.54) is 16.2 Å². The Morgan fingerprint density at radius 1 is 1.03 bits per heavy atom. The van der Waals surface area contributed by atoms with Crippen LogP contribution in [0.5, 0.6) is 0 Å². The molecule has 0 atom stereocenters. The molecule has 0 unspecified atom stereocenters. The molecule has 0 spiro atoms. The van der Waals surface area contributed by atoms with Crippen LogP contribution in [0, 0.1) is 0 Å². The van der Waals surface area contributed by atoms with Crippen LogP contribution in [0.3, 0.4) is 0 Å². The highest BCUT2D eigenvalue weighted by molar-refractivity contribution is 7.90. The maximum absolute atomic E-state index is 13.3. The maximum Gasteiger partial charge on any atom is 0.307 e. The third-order valence-corrected chi connectivity index (χ3v) is 6.28. The number of hydrogen-bond acceptors (Lipinski definition) is 4. The van der Waals surface area contributed by atoms with E-state index in [4.69, 9.17) is 5.11 Å². The van der Waals surface area contributed by atoms with Gasteiger partial charge in [-0.05, 0) is 29.3 Å². The van der Waals surface area contributed by atoms with Crippen molar-refractivity contribution in [2.75, 3.05) is 0 Å². The van der Waals surface area contributed by atoms with Gasteiger partial charge in [-0.15, -0.1) is 0 Å². The molecule has 0 radical (unpaired) electrons. The Morgan fingerprint density at radius 2 is 1.70 bits per heavy atom. The van der Waals surface area contributed by atoms with Crippen LogP contribution in [-0.4, -0.2) is 28.5 Å². The second-order valence-electron chi connectivity index (χ2n) is 6.66. The lowest BCUT2D eigenvalue weighted by atomic mass is 10.1. The number of carboxylic acids is 1. The Morgan fingerprint density at radius 3 is 2.37 bits per heavy atom. The van der Waals surface area contributed by atoms with Crippen molar-refractivity contribution < 1.29 is 18.3 Å². The predicted molar refractivity (Wildman–Crippen MR) is 115 cm³/mol. The van der Waals surface area contributed by atoms with Gasteiger partial charge in [0.15, 0.2) is 5.65 Å². The third kappa shape index (κ3) is 3.75. The Bertz CT molecular complexity index is 1340. The van der Waals surface area contributed by atoms with Crippen LogP contribution in [0.15, 0.2) is 90.1 Å². The molecule has 6 nitrogen and oxygen atoms in total. The van der Waals surface area contributed by atoms with Gasteiger partial charge in [-0.1, -0.05) is 60.7 Å². The molecule has 0 aliphatic rings. The summed E-state index contributed by atoms with van der Waals surface area (Å²) in [5.74, 6) is -0.926. The van der Waals surface area contributed by atoms with Crippen LogP contribution in [0.25, 0.3) is 28.2 Å². The number of carboxylic acid groups (broad SMARTS) is 1. The summed E-state index contributed by atoms with van der Waals surface area (Å²) in [6.45, 7) is 0. The lowest BCUT2D eigenvalue weighted by Crippen LogP contribution is -2.12. The molecule has 2 heterocycles. The predicted octanol–water partition coefficient (Wildman–Crippen LogP) is 4.43. The maximum atomic E-state index is 13.3. The summed E-state index contributed by atoms with van der Waals surface area (Å²) >= 11 is 0. The molecule has 1 N–H and O–H groups in total. The van der Waals surface area contributed by atoms with Gasteiger partial charge in [-0.3, -0.25) is 4.79 Å². The fourth-order valence-corrected chi connectivity index (χ4v) is 4.56. The number of benzene rings is 2. The second kappa shape index (κ2) is 7.96. The summed E-state index contributed by atoms with van der Waals surface area (Å²) in [5, 5.41) is 9.49. The number of hydrogen-bond donors (Lipinski definition) is 1. The van der Waals surface area contributed by atoms with Crippen LogP contribution >= 0.6 is 0 Å². The van der Waals surface area contributed by atoms with E-state index in [2.05, 4.69) is 4.98 Å². The molecule has 2 aromatic heterocycles.